The van der Waals surface area contributed by atoms with Gasteiger partial charge in [0.1, 0.15) is 4.88 Å². The van der Waals surface area contributed by atoms with Crippen molar-refractivity contribution in [1.82, 2.24) is 14.3 Å². The maximum Gasteiger partial charge on any atom is 0.250 e. The molecule has 144 valence electrons. The second kappa shape index (κ2) is 7.14. The second-order valence-electron chi connectivity index (χ2n) is 6.69. The summed E-state index contributed by atoms with van der Waals surface area (Å²) in [6.45, 7) is 1.21. The number of amides is 1. The predicted octanol–water partition coefficient (Wildman–Crippen LogP) is 3.40. The third-order valence-corrected chi connectivity index (χ3v) is 5.66. The lowest BCUT2D eigenvalue weighted by Gasteiger charge is -2.11. The lowest BCUT2D eigenvalue weighted by atomic mass is 10.1. The van der Waals surface area contributed by atoms with Crippen molar-refractivity contribution in [2.45, 2.75) is 13.0 Å². The Balaban J connectivity index is 1.57. The van der Waals surface area contributed by atoms with Crippen LogP contribution in [0.5, 0.6) is 5.75 Å². The summed E-state index contributed by atoms with van der Waals surface area (Å²) < 4.78 is 10.2. The van der Waals surface area contributed by atoms with E-state index < -0.39 is 5.91 Å². The SMILES string of the molecule is NC(=O)c1cccc2c(-c3nc4c(c(NCc5ccccc5)n3)OCC4)snc12. The number of aromatic nitrogens is 3. The molecule has 1 aliphatic rings. The molecule has 0 bridgehead atoms. The van der Waals surface area contributed by atoms with E-state index in [4.69, 9.17) is 20.4 Å². The monoisotopic (exact) mass is 403 g/mol. The maximum absolute atomic E-state index is 11.7. The minimum Gasteiger partial charge on any atom is -0.487 e. The van der Waals surface area contributed by atoms with E-state index in [2.05, 4.69) is 21.8 Å². The summed E-state index contributed by atoms with van der Waals surface area (Å²) in [5.74, 6) is 1.44. The highest BCUT2D eigenvalue weighted by molar-refractivity contribution is 7.11. The number of carbonyl (C=O) groups is 1. The highest BCUT2D eigenvalue weighted by Crippen LogP contribution is 2.37. The van der Waals surface area contributed by atoms with Crippen LogP contribution in [0.1, 0.15) is 21.6 Å². The number of primary amides is 1. The van der Waals surface area contributed by atoms with Gasteiger partial charge in [-0.05, 0) is 23.2 Å². The zero-order valence-electron chi connectivity index (χ0n) is 15.4. The number of rotatable bonds is 5. The molecule has 2 aromatic heterocycles. The van der Waals surface area contributed by atoms with E-state index in [-0.39, 0.29) is 0 Å². The summed E-state index contributed by atoms with van der Waals surface area (Å²) in [7, 11) is 0. The fraction of sp³-hybridized carbons (Fsp3) is 0.143. The first kappa shape index (κ1) is 17.6. The first-order valence-corrected chi connectivity index (χ1v) is 9.98. The van der Waals surface area contributed by atoms with E-state index in [0.29, 0.717) is 41.6 Å². The summed E-state index contributed by atoms with van der Waals surface area (Å²) in [4.78, 5) is 22.0. The summed E-state index contributed by atoms with van der Waals surface area (Å²) in [6.07, 6.45) is 0.730. The molecule has 0 atom stereocenters. The van der Waals surface area contributed by atoms with Crippen LogP contribution < -0.4 is 15.8 Å². The third-order valence-electron chi connectivity index (χ3n) is 4.80. The first-order valence-electron chi connectivity index (χ1n) is 9.21. The smallest absolute Gasteiger partial charge is 0.250 e. The molecule has 1 aliphatic heterocycles. The van der Waals surface area contributed by atoms with Gasteiger partial charge in [-0.2, -0.15) is 4.37 Å². The van der Waals surface area contributed by atoms with Gasteiger partial charge in [0.2, 0.25) is 0 Å². The standard InChI is InChI=1S/C21H17N5O2S/c22-19(27)14-8-4-7-13-16(14)26-29-18(13)21-24-15-9-10-28-17(15)20(25-21)23-11-12-5-2-1-3-6-12/h1-8H,9-11H2,(H2,22,27)(H,23,24,25). The van der Waals surface area contributed by atoms with Gasteiger partial charge in [0, 0.05) is 18.4 Å². The number of ether oxygens (including phenoxy) is 1. The number of hydrogen-bond donors (Lipinski definition) is 2. The predicted molar refractivity (Wildman–Crippen MR) is 112 cm³/mol. The molecular weight excluding hydrogens is 386 g/mol. The molecule has 0 radical (unpaired) electrons. The Labute approximate surface area is 170 Å². The van der Waals surface area contributed by atoms with Crippen LogP contribution in [0.25, 0.3) is 21.6 Å². The molecular formula is C21H17N5O2S. The lowest BCUT2D eigenvalue weighted by molar-refractivity contribution is 0.100. The van der Waals surface area contributed by atoms with Crippen molar-refractivity contribution >= 4 is 34.2 Å². The van der Waals surface area contributed by atoms with Crippen molar-refractivity contribution in [2.24, 2.45) is 5.73 Å². The molecule has 0 saturated heterocycles. The summed E-state index contributed by atoms with van der Waals surface area (Å²) in [6, 6.07) is 15.5. The van der Waals surface area contributed by atoms with Crippen LogP contribution in [0.4, 0.5) is 5.82 Å². The van der Waals surface area contributed by atoms with Crippen LogP contribution in [0, 0.1) is 0 Å². The zero-order chi connectivity index (χ0) is 19.8. The largest absolute Gasteiger partial charge is 0.487 e. The van der Waals surface area contributed by atoms with Crippen molar-refractivity contribution < 1.29 is 9.53 Å². The topological polar surface area (TPSA) is 103 Å². The van der Waals surface area contributed by atoms with Crippen LogP contribution in [-0.2, 0) is 13.0 Å². The van der Waals surface area contributed by atoms with Crippen LogP contribution >= 0.6 is 11.5 Å². The first-order chi connectivity index (χ1) is 14.2. The van der Waals surface area contributed by atoms with Gasteiger partial charge in [0.25, 0.3) is 5.91 Å². The Bertz CT molecular complexity index is 1220. The van der Waals surface area contributed by atoms with Gasteiger partial charge < -0.3 is 15.8 Å². The minimum atomic E-state index is -0.499. The van der Waals surface area contributed by atoms with E-state index in [1.54, 1.807) is 12.1 Å². The van der Waals surface area contributed by atoms with E-state index >= 15 is 0 Å². The Morgan fingerprint density at radius 2 is 2.00 bits per heavy atom. The van der Waals surface area contributed by atoms with Crippen LogP contribution in [0.2, 0.25) is 0 Å². The van der Waals surface area contributed by atoms with Crippen LogP contribution in [-0.4, -0.2) is 26.9 Å². The van der Waals surface area contributed by atoms with Gasteiger partial charge in [-0.1, -0.05) is 42.5 Å². The van der Waals surface area contributed by atoms with E-state index in [9.17, 15) is 4.79 Å². The second-order valence-corrected chi connectivity index (χ2v) is 7.46. The fourth-order valence-corrected chi connectivity index (χ4v) is 4.21. The lowest BCUT2D eigenvalue weighted by Crippen LogP contribution is -2.11. The number of nitrogens with two attached hydrogens (primary N) is 1. The van der Waals surface area contributed by atoms with Gasteiger partial charge in [0.15, 0.2) is 17.4 Å². The van der Waals surface area contributed by atoms with Gasteiger partial charge in [-0.15, -0.1) is 0 Å². The van der Waals surface area contributed by atoms with Gasteiger partial charge in [-0.25, -0.2) is 9.97 Å². The number of benzene rings is 2. The van der Waals surface area contributed by atoms with Gasteiger partial charge in [0.05, 0.1) is 23.4 Å². The number of nitrogens with one attached hydrogen (secondary N) is 1. The molecule has 29 heavy (non-hydrogen) atoms. The molecule has 0 unspecified atom stereocenters. The minimum absolute atomic E-state index is 0.400. The van der Waals surface area contributed by atoms with E-state index in [1.807, 2.05) is 24.3 Å². The van der Waals surface area contributed by atoms with Gasteiger partial charge >= 0.3 is 0 Å². The summed E-state index contributed by atoms with van der Waals surface area (Å²) >= 11 is 1.26. The Morgan fingerprint density at radius 1 is 1.14 bits per heavy atom. The van der Waals surface area contributed by atoms with Crippen molar-refractivity contribution in [3.8, 4) is 16.5 Å². The molecule has 3 heterocycles. The Hall–Kier alpha value is -3.52. The van der Waals surface area contributed by atoms with Crippen LogP contribution in [0.15, 0.2) is 48.5 Å². The summed E-state index contributed by atoms with van der Waals surface area (Å²) in [5, 5.41) is 4.19. The quantitative estimate of drug-likeness (QED) is 0.529. The zero-order valence-corrected chi connectivity index (χ0v) is 16.2. The van der Waals surface area contributed by atoms with Gasteiger partial charge in [-0.3, -0.25) is 4.79 Å². The highest BCUT2D eigenvalue weighted by atomic mass is 32.1. The molecule has 2 aromatic carbocycles. The molecule has 0 spiro atoms. The fourth-order valence-electron chi connectivity index (χ4n) is 3.40. The number of hydrogen-bond acceptors (Lipinski definition) is 7. The number of fused-ring (bicyclic) bond motifs is 2. The Kier molecular flexibility index (Phi) is 4.33. The third kappa shape index (κ3) is 3.17. The molecule has 1 amide bonds. The molecule has 0 aliphatic carbocycles. The molecule has 7 nitrogen and oxygen atoms in total. The molecule has 0 saturated carbocycles. The Morgan fingerprint density at radius 3 is 2.83 bits per heavy atom. The van der Waals surface area contributed by atoms with E-state index in [0.717, 1.165) is 27.9 Å². The highest BCUT2D eigenvalue weighted by Gasteiger charge is 2.24. The molecule has 8 heteroatoms. The number of nitrogens with zero attached hydrogens (tertiary/aromatic N) is 3. The molecule has 5 rings (SSSR count). The van der Waals surface area contributed by atoms with Crippen molar-refractivity contribution in [2.75, 3.05) is 11.9 Å². The van der Waals surface area contributed by atoms with E-state index in [1.165, 1.54) is 11.5 Å². The maximum atomic E-state index is 11.7. The van der Waals surface area contributed by atoms with Crippen LogP contribution in [0.3, 0.4) is 0 Å². The van der Waals surface area contributed by atoms with Crippen molar-refractivity contribution in [1.29, 1.82) is 0 Å². The molecule has 0 fully saturated rings. The molecule has 4 aromatic rings. The number of anilines is 1. The summed E-state index contributed by atoms with van der Waals surface area (Å²) in [5.41, 5.74) is 8.49. The molecule has 3 N–H and O–H groups in total. The van der Waals surface area contributed by atoms with Crippen molar-refractivity contribution in [3.05, 3.63) is 65.4 Å². The number of carbonyl (C=O) groups excluding carboxylic acids is 1. The average molecular weight is 403 g/mol. The normalized spacial score (nSPS) is 12.6. The average Bonchev–Trinajstić information content (AvgIpc) is 3.39. The van der Waals surface area contributed by atoms with Crippen molar-refractivity contribution in [3.63, 3.8) is 0 Å².